The number of hydrogen-bond donors (Lipinski definition) is 0. The van der Waals surface area contributed by atoms with Crippen LogP contribution in [0.3, 0.4) is 0 Å². The molecule has 336 valence electrons. The van der Waals surface area contributed by atoms with Gasteiger partial charge in [0.05, 0.1) is 38.5 Å². The molecule has 2 aromatic heterocycles. The molecule has 12 rings (SSSR count). The summed E-state index contributed by atoms with van der Waals surface area (Å²) in [6.07, 6.45) is 0. The lowest BCUT2D eigenvalue weighted by molar-refractivity contribution is 0.589. The van der Waals surface area contributed by atoms with Crippen molar-refractivity contribution in [2.75, 3.05) is 9.80 Å². The molecule has 3 aliphatic heterocycles. The van der Waals surface area contributed by atoms with Gasteiger partial charge in [-0.1, -0.05) is 158 Å². The molecule has 0 saturated heterocycles. The van der Waals surface area contributed by atoms with E-state index < -0.39 is 0 Å². The van der Waals surface area contributed by atoms with Crippen LogP contribution in [0.25, 0.3) is 47.7 Å². The smallest absolute Gasteiger partial charge is 0.252 e. The van der Waals surface area contributed by atoms with Crippen LogP contribution in [-0.2, 0) is 27.1 Å². The monoisotopic (exact) mass is 893 g/mol. The Morgan fingerprint density at radius 3 is 1.61 bits per heavy atom. The van der Waals surface area contributed by atoms with Crippen molar-refractivity contribution in [2.45, 2.75) is 131 Å². The van der Waals surface area contributed by atoms with E-state index in [2.05, 4.69) is 233 Å². The van der Waals surface area contributed by atoms with Crippen molar-refractivity contribution in [3.8, 4) is 5.69 Å². The van der Waals surface area contributed by atoms with Crippen LogP contribution in [0.15, 0.2) is 115 Å². The number of benzene rings is 7. The van der Waals surface area contributed by atoms with E-state index in [0.29, 0.717) is 0 Å². The summed E-state index contributed by atoms with van der Waals surface area (Å²) in [5.41, 5.74) is 22.1. The second-order valence-corrected chi connectivity index (χ2v) is 26.3. The van der Waals surface area contributed by atoms with Crippen LogP contribution < -0.4 is 26.2 Å². The van der Waals surface area contributed by atoms with Crippen molar-refractivity contribution in [1.82, 2.24) is 4.57 Å². The van der Waals surface area contributed by atoms with Gasteiger partial charge in [0.2, 0.25) is 0 Å². The fraction of sp³-hybridized carbons (Fsp3) is 0.323. The highest BCUT2D eigenvalue weighted by Crippen LogP contribution is 2.56. The third kappa shape index (κ3) is 6.08. The van der Waals surface area contributed by atoms with Gasteiger partial charge in [-0.05, 0) is 132 Å². The Bertz CT molecular complexity index is 3620. The molecule has 0 spiro atoms. The summed E-state index contributed by atoms with van der Waals surface area (Å²) in [5, 5.41) is 5.31. The van der Waals surface area contributed by atoms with Gasteiger partial charge in [0.1, 0.15) is 0 Å². The molecule has 9 aromatic rings. The van der Waals surface area contributed by atoms with Gasteiger partial charge in [-0.3, -0.25) is 0 Å². The highest BCUT2D eigenvalue weighted by molar-refractivity contribution is 7.26. The second-order valence-electron chi connectivity index (χ2n) is 25.2. The fourth-order valence-corrected chi connectivity index (χ4v) is 12.7. The van der Waals surface area contributed by atoms with Crippen LogP contribution in [-0.4, -0.2) is 11.3 Å². The van der Waals surface area contributed by atoms with Crippen LogP contribution in [0.5, 0.6) is 0 Å². The Labute approximate surface area is 402 Å². The van der Waals surface area contributed by atoms with Gasteiger partial charge in [-0.25, -0.2) is 0 Å². The summed E-state index contributed by atoms with van der Waals surface area (Å²) in [4.78, 5) is 5.40. The maximum atomic E-state index is 2.74. The third-order valence-corrected chi connectivity index (χ3v) is 16.6. The molecule has 0 atom stereocenters. The number of rotatable bonds is 1. The Kier molecular flexibility index (Phi) is 8.56. The van der Waals surface area contributed by atoms with E-state index >= 15 is 0 Å². The Morgan fingerprint density at radius 2 is 0.925 bits per heavy atom. The summed E-state index contributed by atoms with van der Waals surface area (Å²) >= 11 is 1.92. The summed E-state index contributed by atoms with van der Waals surface area (Å²) < 4.78 is 5.31. The first-order chi connectivity index (χ1) is 31.4. The summed E-state index contributed by atoms with van der Waals surface area (Å²) in [6, 6.07) is 46.1. The predicted octanol–water partition coefficient (Wildman–Crippen LogP) is 16.0. The van der Waals surface area contributed by atoms with Gasteiger partial charge in [0.15, 0.2) is 0 Å². The minimum absolute atomic E-state index is 0.00126. The molecule has 0 bridgehead atoms. The molecule has 0 unspecified atom stereocenters. The zero-order chi connectivity index (χ0) is 47.2. The zero-order valence-electron chi connectivity index (χ0n) is 42.3. The van der Waals surface area contributed by atoms with Crippen molar-refractivity contribution in [3.63, 3.8) is 0 Å². The lowest BCUT2D eigenvalue weighted by Gasteiger charge is -2.47. The molecule has 0 N–H and O–H groups in total. The quantitative estimate of drug-likeness (QED) is 0.152. The summed E-state index contributed by atoms with van der Waals surface area (Å²) in [7, 11) is 0. The Hall–Kier alpha value is -5.78. The fourth-order valence-electron chi connectivity index (χ4n) is 11.5. The minimum Gasteiger partial charge on any atom is -0.310 e. The second kappa shape index (κ2) is 13.5. The number of anilines is 6. The van der Waals surface area contributed by atoms with E-state index in [1.165, 1.54) is 126 Å². The standard InChI is InChI=1S/C62H64BN3S/c1-58(2,3)35-23-25-46-42(27-35)43-28-37(60(7,8)9)33-51-55(43)65(46)52-34-38(61(10,11)12)30-45-56(52)66(51)50-32-39(62(13,14)15)31-49-54(50)63(45)44-29-36(59(4,5)6)24-26-47(44)64(49)48-21-18-20-41-40-19-16-17-22-53(40)67-57(41)48/h16-34H,1-15H3. The number of aromatic nitrogens is 1. The topological polar surface area (TPSA) is 11.4 Å². The molecule has 0 fully saturated rings. The van der Waals surface area contributed by atoms with Gasteiger partial charge < -0.3 is 14.4 Å². The van der Waals surface area contributed by atoms with Gasteiger partial charge in [-0.2, -0.15) is 0 Å². The highest BCUT2D eigenvalue weighted by atomic mass is 32.1. The van der Waals surface area contributed by atoms with Gasteiger partial charge in [0.25, 0.3) is 6.71 Å². The molecular formula is C62H64BN3S. The van der Waals surface area contributed by atoms with Crippen molar-refractivity contribution in [1.29, 1.82) is 0 Å². The first-order valence-electron chi connectivity index (χ1n) is 24.5. The minimum atomic E-state index is -0.123. The SMILES string of the molecule is CC(C)(C)c1ccc2c(c1)B1c3cc(C(C)(C)C)cc4c3N(c3cc(C(C)(C)C)cc(c31)N2c1cccc2c1sc1ccccc12)c1cc(C(C)(C)C)cc2c3cc(C(C)(C)C)ccc3n-4c12. The van der Waals surface area contributed by atoms with Gasteiger partial charge in [-0.15, -0.1) is 11.3 Å². The molecular weight excluding hydrogens is 830 g/mol. The normalized spacial score (nSPS) is 14.7. The van der Waals surface area contributed by atoms with Crippen molar-refractivity contribution in [2.24, 2.45) is 0 Å². The maximum absolute atomic E-state index is 2.74. The largest absolute Gasteiger partial charge is 0.310 e. The lowest BCUT2D eigenvalue weighted by atomic mass is 9.33. The summed E-state index contributed by atoms with van der Waals surface area (Å²) in [6.45, 7) is 35.6. The first kappa shape index (κ1) is 42.6. The highest BCUT2D eigenvalue weighted by Gasteiger charge is 2.48. The first-order valence-corrected chi connectivity index (χ1v) is 25.4. The molecule has 3 aliphatic rings. The number of hydrogen-bond acceptors (Lipinski definition) is 3. The molecule has 3 nitrogen and oxygen atoms in total. The molecule has 5 heteroatoms. The number of nitrogens with zero attached hydrogens (tertiary/aromatic N) is 3. The maximum Gasteiger partial charge on any atom is 0.252 e. The van der Waals surface area contributed by atoms with Crippen molar-refractivity contribution >= 4 is 111 Å². The van der Waals surface area contributed by atoms with E-state index in [1.54, 1.807) is 0 Å². The third-order valence-electron chi connectivity index (χ3n) is 15.4. The van der Waals surface area contributed by atoms with Crippen LogP contribution in [0, 0.1) is 0 Å². The lowest BCUT2D eigenvalue weighted by Crippen LogP contribution is -2.62. The predicted molar refractivity (Wildman–Crippen MR) is 295 cm³/mol. The average Bonchev–Trinajstić information content (AvgIpc) is 3.80. The zero-order valence-corrected chi connectivity index (χ0v) is 43.1. The van der Waals surface area contributed by atoms with Crippen LogP contribution in [0.1, 0.15) is 132 Å². The Morgan fingerprint density at radius 1 is 0.388 bits per heavy atom. The van der Waals surface area contributed by atoms with Crippen molar-refractivity contribution < 1.29 is 0 Å². The van der Waals surface area contributed by atoms with Crippen LogP contribution in [0.4, 0.5) is 34.1 Å². The van der Waals surface area contributed by atoms with E-state index in [1.807, 2.05) is 11.3 Å². The van der Waals surface area contributed by atoms with Crippen LogP contribution >= 0.6 is 11.3 Å². The van der Waals surface area contributed by atoms with Gasteiger partial charge in [0, 0.05) is 43.3 Å². The molecule has 7 aromatic carbocycles. The van der Waals surface area contributed by atoms with Gasteiger partial charge >= 0.3 is 0 Å². The van der Waals surface area contributed by atoms with E-state index in [0.717, 1.165) is 0 Å². The van der Waals surface area contributed by atoms with Crippen LogP contribution in [0.2, 0.25) is 0 Å². The van der Waals surface area contributed by atoms with E-state index in [4.69, 9.17) is 0 Å². The van der Waals surface area contributed by atoms with Crippen molar-refractivity contribution in [3.05, 3.63) is 143 Å². The Balaban J connectivity index is 1.29. The molecule has 0 aliphatic carbocycles. The molecule has 0 amide bonds. The molecule has 0 saturated carbocycles. The summed E-state index contributed by atoms with van der Waals surface area (Å²) in [5.74, 6) is 0. The van der Waals surface area contributed by atoms with E-state index in [-0.39, 0.29) is 33.8 Å². The molecule has 5 heterocycles. The number of fused-ring (bicyclic) bond motifs is 12. The molecule has 67 heavy (non-hydrogen) atoms. The molecule has 0 radical (unpaired) electrons. The average molecular weight is 894 g/mol. The van der Waals surface area contributed by atoms with E-state index in [9.17, 15) is 0 Å². The number of thiophene rings is 1.